The van der Waals surface area contributed by atoms with Crippen molar-refractivity contribution in [2.75, 3.05) is 57.1 Å². The van der Waals surface area contributed by atoms with Gasteiger partial charge in [0.2, 0.25) is 12.4 Å². The smallest absolute Gasteiger partial charge is 0.474 e. The minimum absolute atomic E-state index is 0.0926. The highest BCUT2D eigenvalue weighted by Gasteiger charge is 2.49. The highest BCUT2D eigenvalue weighted by Crippen LogP contribution is 2.54. The summed E-state index contributed by atoms with van der Waals surface area (Å²) < 4.78 is 78.6. The van der Waals surface area contributed by atoms with Gasteiger partial charge in [0.1, 0.15) is 59.3 Å². The molecule has 2 saturated heterocycles. The number of anilines is 3. The quantitative estimate of drug-likeness (QED) is 0.0147. The van der Waals surface area contributed by atoms with E-state index >= 15 is 4.57 Å². The molecule has 2 fully saturated rings. The van der Waals surface area contributed by atoms with Gasteiger partial charge in [0.05, 0.1) is 33.5 Å². The van der Waals surface area contributed by atoms with Gasteiger partial charge >= 0.3 is 13.5 Å². The number of nitrogens with one attached hydrogen (secondary N) is 5. The van der Waals surface area contributed by atoms with E-state index < -0.39 is 94.5 Å². The maximum Gasteiger partial charge on any atom is 0.474 e. The lowest BCUT2D eigenvalue weighted by atomic mass is 9.80. The van der Waals surface area contributed by atoms with Gasteiger partial charge in [-0.3, -0.25) is 52.6 Å². The van der Waals surface area contributed by atoms with Crippen molar-refractivity contribution in [3.05, 3.63) is 168 Å². The van der Waals surface area contributed by atoms with Crippen LogP contribution >= 0.6 is 7.82 Å². The standard InChI is InChI=1S/C59H74N7O16PSi/c1-36(2)38-17-23-44(24-18-38)76-34-49(68)61-56-63-53(52(60-35-67)55(70)64-56)62-50-29-46(82-84(10,11)58(4,5)6)48(79-50)33-78-83(72,75-9)81-45-30-51(66-31-37(3)54(69)65-57(66)71)80-47(45)32-77-59(39-15-13-12-14-16-39,40-19-25-42(73-7)26-20-40)41-21-27-43(74-8)28-22-41/h12-28,31,35-36,45-48,50-51H,29-30,32-34H2,1-11H3,(H,60,67)(H,65,69,71)(H3,61,62,63,64,68,70)/t45-,46-,47+,48+,50-,51+,83?/m0/s1. The number of benzene rings is 4. The fraction of sp³-hybridized carbons (Fsp3) is 0.424. The van der Waals surface area contributed by atoms with E-state index in [9.17, 15) is 24.0 Å². The zero-order valence-electron chi connectivity index (χ0n) is 48.9. The van der Waals surface area contributed by atoms with Gasteiger partial charge in [0.15, 0.2) is 20.7 Å². The van der Waals surface area contributed by atoms with Crippen LogP contribution in [0, 0.1) is 6.92 Å². The molecule has 5 N–H and O–H groups in total. The van der Waals surface area contributed by atoms with Crippen LogP contribution in [-0.4, -0.2) is 112 Å². The Kier molecular flexibility index (Phi) is 20.0. The molecule has 6 aromatic rings. The van der Waals surface area contributed by atoms with Crippen molar-refractivity contribution in [3.8, 4) is 17.2 Å². The predicted octanol–water partition coefficient (Wildman–Crippen LogP) is 8.72. The van der Waals surface area contributed by atoms with Crippen LogP contribution in [0.5, 0.6) is 17.2 Å². The molecule has 8 rings (SSSR count). The van der Waals surface area contributed by atoms with Gasteiger partial charge in [-0.05, 0) is 89.6 Å². The number of nitrogens with zero attached hydrogens (tertiary/aromatic N) is 2. The number of carbonyl (C=O) groups is 2. The van der Waals surface area contributed by atoms with Crippen molar-refractivity contribution in [1.82, 2.24) is 19.5 Å². The number of hydrogen-bond acceptors (Lipinski definition) is 18. The van der Waals surface area contributed by atoms with E-state index in [2.05, 4.69) is 78.6 Å². The number of rotatable bonds is 26. The van der Waals surface area contributed by atoms with E-state index in [4.69, 9.17) is 46.4 Å². The Morgan fingerprint density at radius 1 is 0.810 bits per heavy atom. The molecule has 25 heteroatoms. The first-order valence-corrected chi connectivity index (χ1v) is 31.8. The number of aryl methyl sites for hydroxylation is 1. The first-order chi connectivity index (χ1) is 40.0. The van der Waals surface area contributed by atoms with Crippen LogP contribution < -0.4 is 47.0 Å². The third-order valence-corrected chi connectivity index (χ3v) is 21.2. The minimum Gasteiger partial charge on any atom is -0.497 e. The maximum absolute atomic E-state index is 15.1. The van der Waals surface area contributed by atoms with E-state index in [1.54, 1.807) is 33.3 Å². The Labute approximate surface area is 487 Å². The van der Waals surface area contributed by atoms with Crippen molar-refractivity contribution in [3.63, 3.8) is 0 Å². The highest BCUT2D eigenvalue weighted by atomic mass is 31.2. The molecule has 0 bridgehead atoms. The lowest BCUT2D eigenvalue weighted by Crippen LogP contribution is -2.46. The van der Waals surface area contributed by atoms with Crippen molar-refractivity contribution < 1.29 is 60.6 Å². The summed E-state index contributed by atoms with van der Waals surface area (Å²) in [6.45, 7) is 14.9. The topological polar surface area (TPSA) is 280 Å². The molecular formula is C59H74N7O16PSi. The van der Waals surface area contributed by atoms with Crippen molar-refractivity contribution in [2.45, 2.75) is 121 Å². The molecule has 7 atom stereocenters. The van der Waals surface area contributed by atoms with E-state index in [0.717, 1.165) is 11.1 Å². The molecule has 4 heterocycles. The van der Waals surface area contributed by atoms with Crippen LogP contribution in [0.4, 0.5) is 17.5 Å². The van der Waals surface area contributed by atoms with Gasteiger partial charge in [-0.15, -0.1) is 0 Å². The lowest BCUT2D eigenvalue weighted by Gasteiger charge is -2.39. The Morgan fingerprint density at radius 3 is 2.00 bits per heavy atom. The summed E-state index contributed by atoms with van der Waals surface area (Å²) in [7, 11) is -2.90. The highest BCUT2D eigenvalue weighted by molar-refractivity contribution is 7.48. The van der Waals surface area contributed by atoms with Gasteiger partial charge in [-0.25, -0.2) is 9.36 Å². The number of hydrogen-bond donors (Lipinski definition) is 5. The summed E-state index contributed by atoms with van der Waals surface area (Å²) >= 11 is 0. The summed E-state index contributed by atoms with van der Waals surface area (Å²) in [4.78, 5) is 73.6. The second kappa shape index (κ2) is 26.8. The van der Waals surface area contributed by atoms with Crippen LogP contribution in [-0.2, 0) is 52.0 Å². The Hall–Kier alpha value is -7.25. The average Bonchev–Trinajstić information content (AvgIpc) is 2.74. The Balaban J connectivity index is 1.07. The molecule has 0 saturated carbocycles. The summed E-state index contributed by atoms with van der Waals surface area (Å²) in [5.41, 5.74) is -0.192. The molecular weight excluding hydrogens is 1120 g/mol. The summed E-state index contributed by atoms with van der Waals surface area (Å²) in [6, 6.07) is 31.8. The van der Waals surface area contributed by atoms with Crippen molar-refractivity contribution in [1.29, 1.82) is 0 Å². The van der Waals surface area contributed by atoms with Crippen LogP contribution in [0.25, 0.3) is 0 Å². The first-order valence-electron chi connectivity index (χ1n) is 27.4. The van der Waals surface area contributed by atoms with Crippen LogP contribution in [0.1, 0.15) is 87.4 Å². The Morgan fingerprint density at radius 2 is 1.42 bits per heavy atom. The van der Waals surface area contributed by atoms with E-state index in [1.165, 1.54) is 17.9 Å². The summed E-state index contributed by atoms with van der Waals surface area (Å²) in [6.07, 6.45) is -4.22. The van der Waals surface area contributed by atoms with Crippen LogP contribution in [0.15, 0.2) is 124 Å². The van der Waals surface area contributed by atoms with Gasteiger partial charge in [-0.2, -0.15) is 4.98 Å². The number of phosphoric acid groups is 1. The largest absolute Gasteiger partial charge is 0.497 e. The Bertz CT molecular complexity index is 3400. The third kappa shape index (κ3) is 14.6. The third-order valence-electron chi connectivity index (χ3n) is 15.2. The molecule has 0 spiro atoms. The van der Waals surface area contributed by atoms with Gasteiger partial charge in [0.25, 0.3) is 17.0 Å². The van der Waals surface area contributed by atoms with Crippen LogP contribution in [0.3, 0.4) is 0 Å². The number of aromatic nitrogens is 4. The van der Waals surface area contributed by atoms with E-state index in [0.29, 0.717) is 40.7 Å². The molecule has 2 aliphatic heterocycles. The fourth-order valence-corrected chi connectivity index (χ4v) is 12.0. The monoisotopic (exact) mass is 1200 g/mol. The van der Waals surface area contributed by atoms with E-state index in [1.807, 2.05) is 91.0 Å². The number of H-pyrrole nitrogens is 2. The molecule has 4 aromatic carbocycles. The van der Waals surface area contributed by atoms with Gasteiger partial charge < -0.3 is 43.5 Å². The maximum atomic E-state index is 15.1. The minimum atomic E-state index is -4.63. The zero-order valence-corrected chi connectivity index (χ0v) is 50.8. The number of aromatic amines is 2. The zero-order chi connectivity index (χ0) is 60.6. The normalized spacial score (nSPS) is 19.8. The predicted molar refractivity (Wildman–Crippen MR) is 316 cm³/mol. The summed E-state index contributed by atoms with van der Waals surface area (Å²) in [5, 5.41) is 7.72. The second-order valence-electron chi connectivity index (χ2n) is 22.1. The number of methoxy groups -OCH3 is 2. The molecule has 2 aliphatic rings. The first kappa shape index (κ1) is 62.8. The number of phosphoric ester groups is 1. The molecule has 23 nitrogen and oxygen atoms in total. The van der Waals surface area contributed by atoms with E-state index in [-0.39, 0.29) is 47.5 Å². The lowest BCUT2D eigenvalue weighted by molar-refractivity contribution is -0.118. The molecule has 84 heavy (non-hydrogen) atoms. The molecule has 2 aromatic heterocycles. The van der Waals surface area contributed by atoms with Crippen molar-refractivity contribution in [2.24, 2.45) is 0 Å². The summed E-state index contributed by atoms with van der Waals surface area (Å²) in [5.74, 6) is 0.978. The molecule has 2 amide bonds. The number of amides is 2. The molecule has 1 unspecified atom stereocenters. The van der Waals surface area contributed by atoms with Gasteiger partial charge in [0, 0.05) is 31.7 Å². The molecule has 0 radical (unpaired) electrons. The average molecular weight is 1200 g/mol. The molecule has 450 valence electrons. The number of ether oxygens (including phenoxy) is 6. The molecule has 0 aliphatic carbocycles. The fourth-order valence-electron chi connectivity index (χ4n) is 9.55. The van der Waals surface area contributed by atoms with Crippen LogP contribution in [0.2, 0.25) is 18.1 Å². The SMILES string of the molecule is COc1ccc(C(OC[C@H]2O[C@@H](n3cc(C)c(=O)[nH]c3=O)C[C@@H]2OP(=O)(OC)OC[C@H]2O[C@H](Nc3nc(NC(=O)COc4ccc(C(C)C)cc4)[nH]c(=O)c3NC=O)C[C@@H]2O[Si](C)(C)C(C)(C)C)(c2ccccc2)c2ccc(OC)cc2)cc1. The van der Waals surface area contributed by atoms with Gasteiger partial charge in [-0.1, -0.05) is 101 Å². The number of carbonyl (C=O) groups excluding carboxylic acids is 2. The van der Waals surface area contributed by atoms with Crippen molar-refractivity contribution >= 4 is 45.9 Å². The second-order valence-corrected chi connectivity index (χ2v) is 28.6.